The Bertz CT molecular complexity index is 1840. The van der Waals surface area contributed by atoms with Crippen molar-refractivity contribution < 1.29 is 27.0 Å². The predicted molar refractivity (Wildman–Crippen MR) is 159 cm³/mol. The molecule has 1 aliphatic carbocycles. The number of H-pyrrole nitrogens is 1. The Labute approximate surface area is 267 Å². The number of nitriles is 1. The smallest absolute Gasteiger partial charge is 0.445 e. The minimum absolute atomic E-state index is 0.0193. The minimum Gasteiger partial charge on any atom is -0.445 e. The highest BCUT2D eigenvalue weighted by molar-refractivity contribution is 6.30. The number of rotatable bonds is 7. The van der Waals surface area contributed by atoms with E-state index in [1.54, 1.807) is 19.1 Å². The van der Waals surface area contributed by atoms with Gasteiger partial charge in [-0.2, -0.15) is 18.4 Å². The summed E-state index contributed by atoms with van der Waals surface area (Å²) < 4.78 is 66.1. The number of hydrogen-bond acceptors (Lipinski definition) is 7. The molecule has 1 atom stereocenters. The van der Waals surface area contributed by atoms with E-state index in [1.165, 1.54) is 18.3 Å². The normalized spacial score (nSPS) is 20.9. The van der Waals surface area contributed by atoms with Crippen molar-refractivity contribution in [3.63, 3.8) is 0 Å². The number of aromatic amines is 1. The Morgan fingerprint density at radius 2 is 1.89 bits per heavy atom. The van der Waals surface area contributed by atoms with Gasteiger partial charge in [0.05, 0.1) is 22.2 Å². The fourth-order valence-electron chi connectivity index (χ4n) is 6.31. The molecule has 1 unspecified atom stereocenters. The van der Waals surface area contributed by atoms with Crippen LogP contribution < -0.4 is 9.47 Å². The lowest BCUT2D eigenvalue weighted by atomic mass is 9.88. The second kappa shape index (κ2) is 11.2. The zero-order valence-electron chi connectivity index (χ0n) is 24.8. The summed E-state index contributed by atoms with van der Waals surface area (Å²) in [7, 11) is 0. The third-order valence-electron chi connectivity index (χ3n) is 9.16. The fraction of sp³-hybridized carbons (Fsp3) is 0.394. The number of piperidine rings is 1. The van der Waals surface area contributed by atoms with Crippen molar-refractivity contribution in [1.82, 2.24) is 25.1 Å². The number of benzene rings is 2. The number of nitrogens with zero attached hydrogens (tertiary/aromatic N) is 5. The molecule has 0 spiro atoms. The summed E-state index contributed by atoms with van der Waals surface area (Å²) in [5.41, 5.74) is 3.10. The molecule has 0 radical (unpaired) electrons. The fourth-order valence-corrected chi connectivity index (χ4v) is 6.42. The van der Waals surface area contributed by atoms with Gasteiger partial charge in [0, 0.05) is 36.4 Å². The zero-order valence-corrected chi connectivity index (χ0v) is 25.6. The Morgan fingerprint density at radius 1 is 1.11 bits per heavy atom. The van der Waals surface area contributed by atoms with Crippen LogP contribution in [0, 0.1) is 22.6 Å². The lowest BCUT2D eigenvalue weighted by Gasteiger charge is -2.33. The number of alkyl halides is 3. The van der Waals surface area contributed by atoms with Crippen LogP contribution in [0.2, 0.25) is 5.02 Å². The molecule has 13 heteroatoms. The van der Waals surface area contributed by atoms with Crippen LogP contribution in [-0.2, 0) is 24.9 Å². The number of ether oxygens (including phenoxy) is 2. The summed E-state index contributed by atoms with van der Waals surface area (Å²) in [6.07, 6.45) is 0.587. The molecule has 3 aliphatic rings. The topological polar surface area (TPSA) is 100.0 Å². The van der Waals surface area contributed by atoms with Gasteiger partial charge in [-0.1, -0.05) is 23.7 Å². The molecule has 0 bridgehead atoms. The van der Waals surface area contributed by atoms with Crippen LogP contribution in [-0.4, -0.2) is 38.2 Å². The molecule has 0 amide bonds. The Morgan fingerprint density at radius 3 is 2.57 bits per heavy atom. The molecule has 2 fully saturated rings. The maximum Gasteiger partial charge on any atom is 0.451 e. The molecule has 2 aromatic heterocycles. The van der Waals surface area contributed by atoms with Crippen molar-refractivity contribution in [1.29, 1.82) is 5.26 Å². The van der Waals surface area contributed by atoms with Gasteiger partial charge in [-0.3, -0.25) is 9.88 Å². The summed E-state index contributed by atoms with van der Waals surface area (Å²) in [4.78, 5) is 9.20. The van der Waals surface area contributed by atoms with Crippen LogP contribution in [0.4, 0.5) is 17.6 Å². The number of halogens is 5. The van der Waals surface area contributed by atoms with Gasteiger partial charge in [0.15, 0.2) is 17.3 Å². The van der Waals surface area contributed by atoms with E-state index in [1.807, 2.05) is 18.2 Å². The largest absolute Gasteiger partial charge is 0.451 e. The first kappa shape index (κ1) is 30.4. The van der Waals surface area contributed by atoms with Gasteiger partial charge in [-0.15, -0.1) is 10.2 Å². The third-order valence-corrected chi connectivity index (χ3v) is 9.47. The first-order chi connectivity index (χ1) is 22.0. The van der Waals surface area contributed by atoms with E-state index in [4.69, 9.17) is 21.1 Å². The number of hydrogen-bond donors (Lipinski definition) is 1. The molecule has 8 nitrogen and oxygen atoms in total. The molecule has 2 aliphatic heterocycles. The highest BCUT2D eigenvalue weighted by Crippen LogP contribution is 2.50. The molecule has 2 aromatic carbocycles. The van der Waals surface area contributed by atoms with Gasteiger partial charge in [0.2, 0.25) is 5.82 Å². The molecule has 4 heterocycles. The van der Waals surface area contributed by atoms with E-state index in [2.05, 4.69) is 31.1 Å². The van der Waals surface area contributed by atoms with Crippen molar-refractivity contribution >= 4 is 11.6 Å². The molecular weight excluding hydrogens is 624 g/mol. The molecule has 1 saturated carbocycles. The van der Waals surface area contributed by atoms with Crippen molar-refractivity contribution in [3.05, 3.63) is 87.7 Å². The van der Waals surface area contributed by atoms with E-state index in [9.17, 15) is 22.8 Å². The molecule has 4 aromatic rings. The predicted octanol–water partition coefficient (Wildman–Crippen LogP) is 7.55. The summed E-state index contributed by atoms with van der Waals surface area (Å²) in [5.74, 6) is -1.46. The SMILES string of the molecule is CC1(c2ccc(Cl)c(F)c2)Oc2cccc(C3CCN(Cc4ncc(-c5nnc(C(F)(F)F)[nH]5)cc4CC4(C#N)CC4)CC3)c2O1. The Balaban J connectivity index is 1.06. The second-order valence-electron chi connectivity index (χ2n) is 12.4. The van der Waals surface area contributed by atoms with E-state index in [-0.39, 0.29) is 16.8 Å². The zero-order chi connectivity index (χ0) is 32.3. The van der Waals surface area contributed by atoms with Crippen molar-refractivity contribution in [2.45, 2.75) is 63.5 Å². The monoisotopic (exact) mass is 652 g/mol. The van der Waals surface area contributed by atoms with Crippen molar-refractivity contribution in [2.75, 3.05) is 13.1 Å². The summed E-state index contributed by atoms with van der Waals surface area (Å²) in [6, 6.07) is 14.5. The number of pyridine rings is 1. The highest BCUT2D eigenvalue weighted by Gasteiger charge is 2.44. The van der Waals surface area contributed by atoms with Crippen LogP contribution in [0.25, 0.3) is 11.4 Å². The number of aromatic nitrogens is 4. The van der Waals surface area contributed by atoms with E-state index in [0.29, 0.717) is 35.6 Å². The van der Waals surface area contributed by atoms with Gasteiger partial charge in [-0.05, 0) is 87.0 Å². The van der Waals surface area contributed by atoms with Crippen LogP contribution in [0.3, 0.4) is 0 Å². The standard InChI is InChI=1S/C33H29ClF4N6O2/c1-31(22-5-6-24(34)25(35)14-22)45-27-4-2-3-23(28(27)46-31)19-7-11-44(12-8-19)17-26-20(15-32(18-39)9-10-32)13-21(16-40-26)29-41-30(43-42-29)33(36,37)38/h2-6,13-14,16,19H,7-12,15,17H2,1H3,(H,41,42,43). The van der Waals surface area contributed by atoms with E-state index in [0.717, 1.165) is 55.6 Å². The first-order valence-corrected chi connectivity index (χ1v) is 15.4. The Hall–Kier alpha value is -4.21. The number of fused-ring (bicyclic) bond motifs is 1. The maximum atomic E-state index is 14.2. The van der Waals surface area contributed by atoms with E-state index >= 15 is 0 Å². The van der Waals surface area contributed by atoms with Crippen LogP contribution >= 0.6 is 11.6 Å². The maximum absolute atomic E-state index is 14.2. The van der Waals surface area contributed by atoms with Crippen LogP contribution in [0.5, 0.6) is 11.5 Å². The molecule has 1 N–H and O–H groups in total. The average molecular weight is 653 g/mol. The van der Waals surface area contributed by atoms with Crippen LogP contribution in [0.15, 0.2) is 48.7 Å². The lowest BCUT2D eigenvalue weighted by Crippen LogP contribution is -2.33. The third kappa shape index (κ3) is 5.78. The average Bonchev–Trinajstić information content (AvgIpc) is 3.44. The summed E-state index contributed by atoms with van der Waals surface area (Å²) >= 11 is 5.89. The second-order valence-corrected chi connectivity index (χ2v) is 12.8. The lowest BCUT2D eigenvalue weighted by molar-refractivity contribution is -0.144. The number of likely N-dealkylation sites (tertiary alicyclic amines) is 1. The number of para-hydroxylation sites is 1. The minimum atomic E-state index is -4.64. The molecule has 7 rings (SSSR count). The number of nitrogens with one attached hydrogen (secondary N) is 1. The quantitative estimate of drug-likeness (QED) is 0.206. The molecular formula is C33H29ClF4N6O2. The highest BCUT2D eigenvalue weighted by atomic mass is 35.5. The van der Waals surface area contributed by atoms with Gasteiger partial charge < -0.3 is 14.5 Å². The summed E-state index contributed by atoms with van der Waals surface area (Å²) in [5, 5.41) is 16.7. The van der Waals surface area contributed by atoms with E-state index < -0.39 is 29.0 Å². The molecule has 46 heavy (non-hydrogen) atoms. The van der Waals surface area contributed by atoms with Crippen LogP contribution in [0.1, 0.15) is 66.7 Å². The van der Waals surface area contributed by atoms with Gasteiger partial charge in [0.1, 0.15) is 5.82 Å². The first-order valence-electron chi connectivity index (χ1n) is 15.0. The Kier molecular flexibility index (Phi) is 7.44. The van der Waals surface area contributed by atoms with Gasteiger partial charge >= 0.3 is 6.18 Å². The van der Waals surface area contributed by atoms with Crippen molar-refractivity contribution in [2.24, 2.45) is 5.41 Å². The summed E-state index contributed by atoms with van der Waals surface area (Å²) in [6.45, 7) is 3.85. The van der Waals surface area contributed by atoms with Gasteiger partial charge in [0.25, 0.3) is 5.79 Å². The van der Waals surface area contributed by atoms with Gasteiger partial charge in [-0.25, -0.2) is 4.39 Å². The molecule has 1 saturated heterocycles. The van der Waals surface area contributed by atoms with Crippen molar-refractivity contribution in [3.8, 4) is 29.0 Å². The molecule has 238 valence electrons.